The fraction of sp³-hybridized carbons (Fsp3) is 0.550. The average molecular weight is 361 g/mol. The van der Waals surface area contributed by atoms with Crippen LogP contribution >= 0.6 is 0 Å². The zero-order valence-corrected chi connectivity index (χ0v) is 15.8. The highest BCUT2D eigenvalue weighted by molar-refractivity contribution is 5.90. The van der Waals surface area contributed by atoms with Gasteiger partial charge in [0.25, 0.3) is 0 Å². The molecule has 5 nitrogen and oxygen atoms in total. The molecular formula is C20H28FN3O2. The number of nitrogens with zero attached hydrogens (tertiary/aromatic N) is 1. The number of aromatic nitrogens is 1. The first-order chi connectivity index (χ1) is 12.4. The lowest BCUT2D eigenvalue weighted by molar-refractivity contribution is -0.121. The molecule has 3 rings (SSSR count). The Hall–Kier alpha value is -1.92. The summed E-state index contributed by atoms with van der Waals surface area (Å²) in [6, 6.07) is 4.64. The van der Waals surface area contributed by atoms with Crippen molar-refractivity contribution in [3.05, 3.63) is 35.3 Å². The van der Waals surface area contributed by atoms with Crippen LogP contribution in [-0.4, -0.2) is 56.2 Å². The van der Waals surface area contributed by atoms with Gasteiger partial charge < -0.3 is 19.9 Å². The molecule has 1 aliphatic heterocycles. The van der Waals surface area contributed by atoms with Gasteiger partial charge in [-0.15, -0.1) is 0 Å². The minimum Gasteiger partial charge on any atom is -0.381 e. The Kier molecular flexibility index (Phi) is 5.63. The van der Waals surface area contributed by atoms with Crippen LogP contribution in [0, 0.1) is 18.2 Å². The van der Waals surface area contributed by atoms with Crippen molar-refractivity contribution in [1.82, 2.24) is 15.2 Å². The number of aryl methyl sites for hydroxylation is 1. The van der Waals surface area contributed by atoms with Crippen molar-refractivity contribution in [2.45, 2.75) is 26.2 Å². The quantitative estimate of drug-likeness (QED) is 0.832. The Bertz CT molecular complexity index is 779. The van der Waals surface area contributed by atoms with Gasteiger partial charge in [0.15, 0.2) is 0 Å². The maximum absolute atomic E-state index is 13.6. The van der Waals surface area contributed by atoms with Crippen LogP contribution in [0.15, 0.2) is 18.2 Å². The molecule has 0 bridgehead atoms. The molecule has 6 heteroatoms. The number of amides is 1. The van der Waals surface area contributed by atoms with Crippen molar-refractivity contribution in [2.75, 3.05) is 40.4 Å². The second-order valence-electron chi connectivity index (χ2n) is 7.72. The number of rotatable bonds is 6. The first-order valence-electron chi connectivity index (χ1n) is 9.14. The summed E-state index contributed by atoms with van der Waals surface area (Å²) < 4.78 is 19.1. The summed E-state index contributed by atoms with van der Waals surface area (Å²) in [5, 5.41) is 3.90. The predicted octanol–water partition coefficient (Wildman–Crippen LogP) is 2.63. The number of benzene rings is 1. The average Bonchev–Trinajstić information content (AvgIpc) is 2.89. The van der Waals surface area contributed by atoms with Crippen molar-refractivity contribution in [3.63, 3.8) is 0 Å². The van der Waals surface area contributed by atoms with Crippen LogP contribution in [0.5, 0.6) is 0 Å². The smallest absolute Gasteiger partial charge is 0.224 e. The summed E-state index contributed by atoms with van der Waals surface area (Å²) >= 11 is 0. The third-order valence-electron chi connectivity index (χ3n) is 5.28. The van der Waals surface area contributed by atoms with Crippen molar-refractivity contribution in [2.24, 2.45) is 5.41 Å². The highest BCUT2D eigenvalue weighted by atomic mass is 19.1. The molecule has 26 heavy (non-hydrogen) atoms. The van der Waals surface area contributed by atoms with Gasteiger partial charge in [-0.1, -0.05) is 0 Å². The Morgan fingerprint density at radius 1 is 1.35 bits per heavy atom. The molecule has 1 aliphatic rings. The van der Waals surface area contributed by atoms with E-state index in [2.05, 4.69) is 29.3 Å². The van der Waals surface area contributed by atoms with Gasteiger partial charge in [0.05, 0.1) is 6.42 Å². The minimum atomic E-state index is -0.287. The molecule has 1 fully saturated rings. The zero-order chi connectivity index (χ0) is 18.7. The number of carbonyl (C=O) groups is 1. The number of hydrogen-bond donors (Lipinski definition) is 2. The topological polar surface area (TPSA) is 57.4 Å². The first kappa shape index (κ1) is 18.9. The lowest BCUT2D eigenvalue weighted by Gasteiger charge is -2.39. The largest absolute Gasteiger partial charge is 0.381 e. The van der Waals surface area contributed by atoms with Crippen LogP contribution < -0.4 is 5.32 Å². The molecule has 0 atom stereocenters. The molecule has 0 radical (unpaired) electrons. The van der Waals surface area contributed by atoms with E-state index in [1.165, 1.54) is 12.1 Å². The molecule has 0 saturated carbocycles. The highest BCUT2D eigenvalue weighted by Gasteiger charge is 2.33. The highest BCUT2D eigenvalue weighted by Crippen LogP contribution is 2.30. The molecule has 0 aliphatic carbocycles. The van der Waals surface area contributed by atoms with Crippen LogP contribution in [-0.2, 0) is 16.0 Å². The molecule has 0 spiro atoms. The lowest BCUT2D eigenvalue weighted by Crippen LogP contribution is -2.47. The van der Waals surface area contributed by atoms with Crippen LogP contribution in [0.2, 0.25) is 0 Å². The number of nitrogens with one attached hydrogen (secondary N) is 2. The summed E-state index contributed by atoms with van der Waals surface area (Å²) in [5.74, 6) is -0.312. The fourth-order valence-electron chi connectivity index (χ4n) is 3.96. The molecule has 2 N–H and O–H groups in total. The van der Waals surface area contributed by atoms with E-state index < -0.39 is 0 Å². The van der Waals surface area contributed by atoms with Crippen LogP contribution in [0.3, 0.4) is 0 Å². The molecule has 2 heterocycles. The van der Waals surface area contributed by atoms with E-state index in [1.54, 1.807) is 6.07 Å². The third-order valence-corrected chi connectivity index (χ3v) is 5.28. The molecule has 2 aromatic rings. The zero-order valence-electron chi connectivity index (χ0n) is 15.8. The summed E-state index contributed by atoms with van der Waals surface area (Å²) in [4.78, 5) is 18.0. The van der Waals surface area contributed by atoms with E-state index in [4.69, 9.17) is 4.74 Å². The van der Waals surface area contributed by atoms with Gasteiger partial charge in [-0.2, -0.15) is 0 Å². The number of carbonyl (C=O) groups excluding carboxylic acids is 1. The Labute approximate surface area is 153 Å². The number of hydrogen-bond acceptors (Lipinski definition) is 3. The van der Waals surface area contributed by atoms with E-state index in [0.717, 1.165) is 54.8 Å². The Morgan fingerprint density at radius 2 is 2.08 bits per heavy atom. The minimum absolute atomic E-state index is 0.0251. The molecule has 1 aromatic carbocycles. The summed E-state index contributed by atoms with van der Waals surface area (Å²) in [6.45, 7) is 4.97. The van der Waals surface area contributed by atoms with E-state index in [9.17, 15) is 9.18 Å². The van der Waals surface area contributed by atoms with Gasteiger partial charge in [-0.25, -0.2) is 4.39 Å². The lowest BCUT2D eigenvalue weighted by atomic mass is 9.79. The normalized spacial score (nSPS) is 17.0. The van der Waals surface area contributed by atoms with Crippen molar-refractivity contribution in [1.29, 1.82) is 0 Å². The summed E-state index contributed by atoms with van der Waals surface area (Å²) in [6.07, 6.45) is 2.15. The van der Waals surface area contributed by atoms with E-state index in [0.29, 0.717) is 6.54 Å². The summed E-state index contributed by atoms with van der Waals surface area (Å²) in [7, 11) is 4.12. The van der Waals surface area contributed by atoms with E-state index in [1.807, 2.05) is 6.92 Å². The number of ether oxygens (including phenoxy) is 1. The molecule has 1 aromatic heterocycles. The predicted molar refractivity (Wildman–Crippen MR) is 101 cm³/mol. The molecule has 1 saturated heterocycles. The fourth-order valence-corrected chi connectivity index (χ4v) is 3.96. The van der Waals surface area contributed by atoms with Gasteiger partial charge in [-0.05, 0) is 57.6 Å². The Balaban J connectivity index is 1.69. The van der Waals surface area contributed by atoms with Gasteiger partial charge in [0.1, 0.15) is 5.82 Å². The number of aromatic amines is 1. The molecule has 0 unspecified atom stereocenters. The van der Waals surface area contributed by atoms with Gasteiger partial charge in [0, 0.05) is 48.3 Å². The molecular weight excluding hydrogens is 333 g/mol. The second-order valence-corrected chi connectivity index (χ2v) is 7.72. The second kappa shape index (κ2) is 7.76. The number of fused-ring (bicyclic) bond motifs is 1. The number of halogens is 1. The van der Waals surface area contributed by atoms with Gasteiger partial charge in [0.2, 0.25) is 5.91 Å². The van der Waals surface area contributed by atoms with E-state index >= 15 is 0 Å². The van der Waals surface area contributed by atoms with Crippen molar-refractivity contribution < 1.29 is 13.9 Å². The van der Waals surface area contributed by atoms with Crippen LogP contribution in [0.4, 0.5) is 4.39 Å². The first-order valence-corrected chi connectivity index (χ1v) is 9.14. The molecule has 1 amide bonds. The van der Waals surface area contributed by atoms with Gasteiger partial charge in [-0.3, -0.25) is 4.79 Å². The maximum atomic E-state index is 13.6. The maximum Gasteiger partial charge on any atom is 0.224 e. The van der Waals surface area contributed by atoms with Crippen LogP contribution in [0.25, 0.3) is 10.9 Å². The van der Waals surface area contributed by atoms with Gasteiger partial charge >= 0.3 is 0 Å². The SMILES string of the molecule is Cc1[nH]c2ccc(F)cc2c1CC(=O)NCC1(CN(C)C)CCOCC1. The summed E-state index contributed by atoms with van der Waals surface area (Å²) in [5.41, 5.74) is 2.69. The van der Waals surface area contributed by atoms with Crippen molar-refractivity contribution >= 4 is 16.8 Å². The number of H-pyrrole nitrogens is 1. The standard InChI is InChI=1S/C20H28FN3O2/c1-14-16(17-10-15(21)4-5-18(17)23-14)11-19(25)22-12-20(13-24(2)3)6-8-26-9-7-20/h4-5,10,23H,6-9,11-13H2,1-3H3,(H,22,25). The van der Waals surface area contributed by atoms with E-state index in [-0.39, 0.29) is 23.6 Å². The van der Waals surface area contributed by atoms with Crippen LogP contribution in [0.1, 0.15) is 24.1 Å². The monoisotopic (exact) mass is 361 g/mol. The Morgan fingerprint density at radius 3 is 2.77 bits per heavy atom. The third kappa shape index (κ3) is 4.24. The van der Waals surface area contributed by atoms with Crippen molar-refractivity contribution in [3.8, 4) is 0 Å². The molecule has 142 valence electrons.